The number of unbranched alkanes of at least 4 members (excludes halogenated alkanes) is 2. The van der Waals surface area contributed by atoms with Crippen molar-refractivity contribution in [3.63, 3.8) is 0 Å². The van der Waals surface area contributed by atoms with Crippen LogP contribution in [0, 0.1) is 17.2 Å². The largest absolute Gasteiger partial charge is 0.381 e. The van der Waals surface area contributed by atoms with Crippen molar-refractivity contribution in [2.24, 2.45) is 5.92 Å². The van der Waals surface area contributed by atoms with Crippen LogP contribution in [0.1, 0.15) is 32.1 Å². The smallest absolute Gasteiger partial charge is 0.225 e. The Morgan fingerprint density at radius 3 is 3.07 bits per heavy atom. The predicted octanol–water partition coefficient (Wildman–Crippen LogP) is 1.22. The summed E-state index contributed by atoms with van der Waals surface area (Å²) >= 11 is 0. The number of hydrogen-bond acceptors (Lipinski definition) is 3. The third-order valence-electron chi connectivity index (χ3n) is 2.55. The maximum Gasteiger partial charge on any atom is 0.225 e. The fraction of sp³-hybridized carbons (Fsp3) is 0.818. The maximum atomic E-state index is 11.6. The Kier molecular flexibility index (Phi) is 5.79. The second kappa shape index (κ2) is 7.24. The lowest BCUT2D eigenvalue weighted by Crippen LogP contribution is -2.36. The normalized spacial score (nSPS) is 20.6. The van der Waals surface area contributed by atoms with Crippen LogP contribution in [0.5, 0.6) is 0 Å². The molecule has 84 valence electrons. The summed E-state index contributed by atoms with van der Waals surface area (Å²) in [5.41, 5.74) is 0. The molecule has 4 nitrogen and oxygen atoms in total. The molecule has 1 amide bonds. The first-order valence-corrected chi connectivity index (χ1v) is 5.57. The van der Waals surface area contributed by atoms with Crippen LogP contribution in [-0.2, 0) is 9.53 Å². The Bertz CT molecular complexity index is 229. The molecule has 0 radical (unpaired) electrons. The first-order valence-electron chi connectivity index (χ1n) is 5.57. The number of nitriles is 1. The van der Waals surface area contributed by atoms with Gasteiger partial charge in [0.05, 0.1) is 18.6 Å². The molecule has 0 aromatic rings. The maximum absolute atomic E-state index is 11.6. The summed E-state index contributed by atoms with van der Waals surface area (Å²) in [6.45, 7) is 2.02. The molecule has 1 saturated heterocycles. The van der Waals surface area contributed by atoms with Gasteiger partial charge in [0.1, 0.15) is 0 Å². The van der Waals surface area contributed by atoms with Crippen molar-refractivity contribution in [2.75, 3.05) is 19.8 Å². The van der Waals surface area contributed by atoms with Gasteiger partial charge in [0.2, 0.25) is 5.91 Å². The van der Waals surface area contributed by atoms with Gasteiger partial charge < -0.3 is 10.1 Å². The summed E-state index contributed by atoms with van der Waals surface area (Å²) in [7, 11) is 0. The van der Waals surface area contributed by atoms with Crippen LogP contribution in [0.15, 0.2) is 0 Å². The van der Waals surface area contributed by atoms with E-state index in [1.165, 1.54) is 0 Å². The van der Waals surface area contributed by atoms with Crippen LogP contribution in [-0.4, -0.2) is 25.7 Å². The van der Waals surface area contributed by atoms with E-state index >= 15 is 0 Å². The van der Waals surface area contributed by atoms with Crippen LogP contribution < -0.4 is 5.32 Å². The number of ether oxygens (including phenoxy) is 1. The fourth-order valence-electron chi connectivity index (χ4n) is 1.63. The van der Waals surface area contributed by atoms with E-state index in [0.717, 1.165) is 32.3 Å². The molecule has 0 saturated carbocycles. The lowest BCUT2D eigenvalue weighted by atomic mass is 10.0. The highest BCUT2D eigenvalue weighted by Crippen LogP contribution is 2.13. The molecule has 1 N–H and O–H groups in total. The molecule has 0 aromatic carbocycles. The third-order valence-corrected chi connectivity index (χ3v) is 2.55. The monoisotopic (exact) mass is 210 g/mol. The standard InChI is InChI=1S/C11H18N2O2/c12-6-2-1-3-7-13-11(14)10-5-4-8-15-9-10/h10H,1-5,7-9H2,(H,13,14). The van der Waals surface area contributed by atoms with Gasteiger partial charge in [-0.25, -0.2) is 0 Å². The quantitative estimate of drug-likeness (QED) is 0.694. The molecule has 1 unspecified atom stereocenters. The van der Waals surface area contributed by atoms with Crippen molar-refractivity contribution in [2.45, 2.75) is 32.1 Å². The zero-order chi connectivity index (χ0) is 10.9. The average Bonchev–Trinajstić information content (AvgIpc) is 2.30. The van der Waals surface area contributed by atoms with Crippen LogP contribution in [0.3, 0.4) is 0 Å². The molecular formula is C11H18N2O2. The summed E-state index contributed by atoms with van der Waals surface area (Å²) in [4.78, 5) is 11.6. The first-order chi connectivity index (χ1) is 7.34. The van der Waals surface area contributed by atoms with E-state index in [9.17, 15) is 4.79 Å². The minimum absolute atomic E-state index is 0.0368. The fourth-order valence-corrected chi connectivity index (χ4v) is 1.63. The predicted molar refractivity (Wildman–Crippen MR) is 56.0 cm³/mol. The number of nitrogens with zero attached hydrogens (tertiary/aromatic N) is 1. The van der Waals surface area contributed by atoms with Crippen LogP contribution in [0.25, 0.3) is 0 Å². The topological polar surface area (TPSA) is 62.1 Å². The summed E-state index contributed by atoms with van der Waals surface area (Å²) in [5.74, 6) is 0.140. The molecule has 1 aliphatic rings. The molecule has 0 aliphatic carbocycles. The van der Waals surface area contributed by atoms with E-state index in [-0.39, 0.29) is 11.8 Å². The minimum Gasteiger partial charge on any atom is -0.381 e. The van der Waals surface area contributed by atoms with Crippen molar-refractivity contribution in [1.29, 1.82) is 5.26 Å². The summed E-state index contributed by atoms with van der Waals surface area (Å²) in [6, 6.07) is 2.09. The molecule has 15 heavy (non-hydrogen) atoms. The van der Waals surface area contributed by atoms with Crippen molar-refractivity contribution in [3.8, 4) is 6.07 Å². The lowest BCUT2D eigenvalue weighted by Gasteiger charge is -2.21. The zero-order valence-corrected chi connectivity index (χ0v) is 9.00. The molecular weight excluding hydrogens is 192 g/mol. The number of nitrogens with one attached hydrogen (secondary N) is 1. The highest BCUT2D eigenvalue weighted by atomic mass is 16.5. The highest BCUT2D eigenvalue weighted by Gasteiger charge is 2.20. The van der Waals surface area contributed by atoms with E-state index in [1.54, 1.807) is 0 Å². The van der Waals surface area contributed by atoms with E-state index in [1.807, 2.05) is 0 Å². The summed E-state index contributed by atoms with van der Waals surface area (Å²) in [5, 5.41) is 11.2. The molecule has 0 spiro atoms. The average molecular weight is 210 g/mol. The van der Waals surface area contributed by atoms with Crippen LogP contribution in [0.4, 0.5) is 0 Å². The Morgan fingerprint density at radius 2 is 2.40 bits per heavy atom. The molecule has 1 fully saturated rings. The van der Waals surface area contributed by atoms with E-state index in [2.05, 4.69) is 11.4 Å². The second-order valence-corrected chi connectivity index (χ2v) is 3.82. The summed E-state index contributed by atoms with van der Waals surface area (Å²) < 4.78 is 5.24. The zero-order valence-electron chi connectivity index (χ0n) is 9.00. The molecule has 4 heteroatoms. The number of rotatable bonds is 5. The van der Waals surface area contributed by atoms with Gasteiger partial charge in [-0.1, -0.05) is 0 Å². The SMILES string of the molecule is N#CCCCCNC(=O)C1CCCOC1. The van der Waals surface area contributed by atoms with Crippen LogP contribution >= 0.6 is 0 Å². The molecule has 0 aromatic heterocycles. The van der Waals surface area contributed by atoms with Crippen LogP contribution in [0.2, 0.25) is 0 Å². The Morgan fingerprint density at radius 1 is 1.53 bits per heavy atom. The van der Waals surface area contributed by atoms with Gasteiger partial charge in [-0.05, 0) is 25.7 Å². The van der Waals surface area contributed by atoms with Crippen molar-refractivity contribution < 1.29 is 9.53 Å². The van der Waals surface area contributed by atoms with Gasteiger partial charge in [-0.2, -0.15) is 5.26 Å². The Balaban J connectivity index is 2.05. The lowest BCUT2D eigenvalue weighted by molar-refractivity contribution is -0.128. The molecule has 1 heterocycles. The van der Waals surface area contributed by atoms with Gasteiger partial charge in [0.25, 0.3) is 0 Å². The number of carbonyl (C=O) groups is 1. The van der Waals surface area contributed by atoms with E-state index in [4.69, 9.17) is 10.00 Å². The Labute approximate surface area is 90.6 Å². The molecule has 1 atom stereocenters. The molecule has 0 bridgehead atoms. The first kappa shape index (κ1) is 12.0. The van der Waals surface area contributed by atoms with E-state index in [0.29, 0.717) is 19.6 Å². The number of amides is 1. The van der Waals surface area contributed by atoms with Gasteiger partial charge in [-0.3, -0.25) is 4.79 Å². The number of carbonyl (C=O) groups excluding carboxylic acids is 1. The van der Waals surface area contributed by atoms with Crippen molar-refractivity contribution >= 4 is 5.91 Å². The Hall–Kier alpha value is -1.08. The van der Waals surface area contributed by atoms with Gasteiger partial charge in [0.15, 0.2) is 0 Å². The third kappa shape index (κ3) is 4.80. The van der Waals surface area contributed by atoms with E-state index < -0.39 is 0 Å². The van der Waals surface area contributed by atoms with Gasteiger partial charge in [0, 0.05) is 19.6 Å². The highest BCUT2D eigenvalue weighted by molar-refractivity contribution is 5.78. The van der Waals surface area contributed by atoms with Gasteiger partial charge in [-0.15, -0.1) is 0 Å². The van der Waals surface area contributed by atoms with Crippen molar-refractivity contribution in [1.82, 2.24) is 5.32 Å². The van der Waals surface area contributed by atoms with Crippen molar-refractivity contribution in [3.05, 3.63) is 0 Å². The number of hydrogen-bond donors (Lipinski definition) is 1. The minimum atomic E-state index is 0.0368. The van der Waals surface area contributed by atoms with Gasteiger partial charge >= 0.3 is 0 Å². The second-order valence-electron chi connectivity index (χ2n) is 3.82. The molecule has 1 rings (SSSR count). The summed E-state index contributed by atoms with van der Waals surface area (Å²) in [6.07, 6.45) is 4.23. The molecule has 1 aliphatic heterocycles.